The minimum Gasteiger partial charge on any atom is -0.486 e. The molecule has 5 heteroatoms. The van der Waals surface area contributed by atoms with Crippen LogP contribution in [0.15, 0.2) is 72.8 Å². The van der Waals surface area contributed by atoms with Gasteiger partial charge in [-0.2, -0.15) is 0 Å². The summed E-state index contributed by atoms with van der Waals surface area (Å²) in [6, 6.07) is 23.2. The Morgan fingerprint density at radius 3 is 2.57 bits per heavy atom. The van der Waals surface area contributed by atoms with E-state index in [1.54, 1.807) is 0 Å². The van der Waals surface area contributed by atoms with Crippen LogP contribution in [-0.4, -0.2) is 25.2 Å². The van der Waals surface area contributed by atoms with Crippen molar-refractivity contribution < 1.29 is 19.6 Å². The second kappa shape index (κ2) is 9.01. The van der Waals surface area contributed by atoms with E-state index < -0.39 is 0 Å². The zero-order valence-electron chi connectivity index (χ0n) is 17.3. The lowest BCUT2D eigenvalue weighted by Gasteiger charge is -2.26. The Kier molecular flexibility index (Phi) is 6.00. The molecule has 1 amide bonds. The van der Waals surface area contributed by atoms with Crippen molar-refractivity contribution in [3.8, 4) is 11.5 Å². The van der Waals surface area contributed by atoms with Gasteiger partial charge in [-0.3, -0.25) is 4.79 Å². The van der Waals surface area contributed by atoms with Crippen LogP contribution in [0.3, 0.4) is 0 Å². The van der Waals surface area contributed by atoms with Crippen molar-refractivity contribution in [1.82, 2.24) is 0 Å². The third-order valence-electron chi connectivity index (χ3n) is 5.29. The molecule has 2 atom stereocenters. The first-order valence-corrected chi connectivity index (χ1v) is 10.2. The maximum Gasteiger partial charge on any atom is 0.287 e. The van der Waals surface area contributed by atoms with E-state index in [1.807, 2.05) is 92.0 Å². The van der Waals surface area contributed by atoms with Crippen molar-refractivity contribution >= 4 is 11.6 Å². The van der Waals surface area contributed by atoms with Crippen molar-refractivity contribution in [2.45, 2.75) is 26.0 Å². The Balaban J connectivity index is 1.48. The maximum atomic E-state index is 13.2. The summed E-state index contributed by atoms with van der Waals surface area (Å²) < 4.78 is 11.9. The predicted molar refractivity (Wildman–Crippen MR) is 117 cm³/mol. The Labute approximate surface area is 177 Å². The van der Waals surface area contributed by atoms with E-state index in [2.05, 4.69) is 5.32 Å². The third kappa shape index (κ3) is 4.63. The van der Waals surface area contributed by atoms with Gasteiger partial charge < -0.3 is 20.1 Å². The van der Waals surface area contributed by atoms with Gasteiger partial charge in [-0.15, -0.1) is 0 Å². The molecule has 0 saturated heterocycles. The molecule has 5 nitrogen and oxygen atoms in total. The van der Waals surface area contributed by atoms with E-state index >= 15 is 0 Å². The normalized spacial score (nSPS) is 16.0. The number of aryl methyl sites for hydroxylation is 2. The molecule has 1 heterocycles. The molecule has 3 N–H and O–H groups in total. The van der Waals surface area contributed by atoms with Crippen molar-refractivity contribution in [3.05, 3.63) is 89.5 Å². The smallest absolute Gasteiger partial charge is 0.287 e. The van der Waals surface area contributed by atoms with Crippen LogP contribution in [0.2, 0.25) is 0 Å². The lowest BCUT2D eigenvalue weighted by atomic mass is 10.0. The number of hydrogen-bond donors (Lipinski definition) is 2. The van der Waals surface area contributed by atoms with Crippen LogP contribution < -0.4 is 20.1 Å². The topological polar surface area (TPSA) is 64.2 Å². The highest BCUT2D eigenvalue weighted by Crippen LogP contribution is 2.30. The number of amides is 1. The summed E-state index contributed by atoms with van der Waals surface area (Å²) in [6.07, 6.45) is -0.125. The molecule has 30 heavy (non-hydrogen) atoms. The molecule has 0 unspecified atom stereocenters. The van der Waals surface area contributed by atoms with Crippen LogP contribution in [0, 0.1) is 13.8 Å². The number of nitrogens with two attached hydrogens (primary N) is 1. The zero-order chi connectivity index (χ0) is 20.9. The van der Waals surface area contributed by atoms with Crippen molar-refractivity contribution in [3.63, 3.8) is 0 Å². The van der Waals surface area contributed by atoms with Crippen LogP contribution in [0.25, 0.3) is 0 Å². The highest BCUT2D eigenvalue weighted by molar-refractivity contribution is 5.95. The summed E-state index contributed by atoms with van der Waals surface area (Å²) in [7, 11) is 0. The average molecular weight is 404 g/mol. The first-order valence-electron chi connectivity index (χ1n) is 10.2. The van der Waals surface area contributed by atoms with Crippen LogP contribution in [0.4, 0.5) is 5.69 Å². The molecule has 1 aliphatic heterocycles. The van der Waals surface area contributed by atoms with Gasteiger partial charge in [-0.1, -0.05) is 54.6 Å². The standard InChI is InChI=1S/C25H26N2O3/c1-17-12-13-18(2)21(14-17)27-25(28)24(19-8-4-3-5-9-19)26-15-20-16-29-22-10-6-7-11-23(22)30-20/h3-14,20,24,26H,15-16H2,1-2H3,(H,27,28)/p+1/t20-,24+/m0/s1. The molecule has 0 bridgehead atoms. The monoisotopic (exact) mass is 403 g/mol. The van der Waals surface area contributed by atoms with Crippen molar-refractivity contribution in [2.75, 3.05) is 18.5 Å². The number of para-hydroxylation sites is 2. The fourth-order valence-electron chi connectivity index (χ4n) is 3.60. The third-order valence-corrected chi connectivity index (χ3v) is 5.29. The Morgan fingerprint density at radius 1 is 1.03 bits per heavy atom. The molecule has 4 rings (SSSR count). The van der Waals surface area contributed by atoms with Gasteiger partial charge in [0.2, 0.25) is 0 Å². The van der Waals surface area contributed by atoms with Crippen LogP contribution in [0.5, 0.6) is 11.5 Å². The number of fused-ring (bicyclic) bond motifs is 1. The van der Waals surface area contributed by atoms with Crippen LogP contribution >= 0.6 is 0 Å². The highest BCUT2D eigenvalue weighted by Gasteiger charge is 2.28. The van der Waals surface area contributed by atoms with Gasteiger partial charge in [-0.25, -0.2) is 0 Å². The number of nitrogens with one attached hydrogen (secondary N) is 1. The number of benzene rings is 3. The largest absolute Gasteiger partial charge is 0.486 e. The Hall–Kier alpha value is -3.31. The fourth-order valence-corrected chi connectivity index (χ4v) is 3.60. The summed E-state index contributed by atoms with van der Waals surface area (Å²) >= 11 is 0. The fraction of sp³-hybridized carbons (Fsp3) is 0.240. The summed E-state index contributed by atoms with van der Waals surface area (Å²) in [4.78, 5) is 13.2. The second-order valence-corrected chi connectivity index (χ2v) is 7.66. The number of rotatable bonds is 6. The van der Waals surface area contributed by atoms with Crippen molar-refractivity contribution in [1.29, 1.82) is 0 Å². The van der Waals surface area contributed by atoms with Gasteiger partial charge >= 0.3 is 0 Å². The molecule has 0 radical (unpaired) electrons. The minimum absolute atomic E-state index is 0.0490. The molecule has 0 fully saturated rings. The number of carbonyl (C=O) groups excluding carboxylic acids is 1. The van der Waals surface area contributed by atoms with E-state index in [-0.39, 0.29) is 18.1 Å². The molecule has 0 saturated carbocycles. The molecule has 0 aliphatic carbocycles. The first kappa shape index (κ1) is 20.0. The Bertz CT molecular complexity index is 1020. The number of anilines is 1. The summed E-state index contributed by atoms with van der Waals surface area (Å²) in [5, 5.41) is 5.14. The molecule has 3 aromatic rings. The molecule has 3 aromatic carbocycles. The molecular weight excluding hydrogens is 376 g/mol. The number of carbonyl (C=O) groups is 1. The quantitative estimate of drug-likeness (QED) is 0.663. The first-order chi connectivity index (χ1) is 14.6. The molecule has 154 valence electrons. The Morgan fingerprint density at radius 2 is 1.77 bits per heavy atom. The highest BCUT2D eigenvalue weighted by atomic mass is 16.6. The second-order valence-electron chi connectivity index (χ2n) is 7.66. The van der Waals surface area contributed by atoms with Gasteiger partial charge in [-0.05, 0) is 43.2 Å². The van der Waals surface area contributed by atoms with Gasteiger partial charge in [0.25, 0.3) is 5.91 Å². The SMILES string of the molecule is Cc1ccc(C)c(NC(=O)[C@H]([NH2+]C[C@H]2COc3ccccc3O2)c2ccccc2)c1. The van der Waals surface area contributed by atoms with E-state index in [0.29, 0.717) is 13.2 Å². The number of quaternary nitrogens is 1. The zero-order valence-corrected chi connectivity index (χ0v) is 17.3. The number of ether oxygens (including phenoxy) is 2. The van der Waals surface area contributed by atoms with E-state index in [4.69, 9.17) is 9.47 Å². The minimum atomic E-state index is -0.383. The van der Waals surface area contributed by atoms with Crippen LogP contribution in [-0.2, 0) is 4.79 Å². The average Bonchev–Trinajstić information content (AvgIpc) is 2.77. The van der Waals surface area contributed by atoms with E-state index in [1.165, 1.54) is 0 Å². The predicted octanol–water partition coefficient (Wildman–Crippen LogP) is 3.39. The van der Waals surface area contributed by atoms with Gasteiger partial charge in [0.15, 0.2) is 23.6 Å². The summed E-state index contributed by atoms with van der Waals surface area (Å²) in [6.45, 7) is 5.09. The molecular formula is C25H27N2O3+. The summed E-state index contributed by atoms with van der Waals surface area (Å²) in [5.41, 5.74) is 3.96. The van der Waals surface area contributed by atoms with Crippen molar-refractivity contribution in [2.24, 2.45) is 0 Å². The van der Waals surface area contributed by atoms with Gasteiger partial charge in [0.1, 0.15) is 13.2 Å². The molecule has 0 aromatic heterocycles. The molecule has 1 aliphatic rings. The lowest BCUT2D eigenvalue weighted by molar-refractivity contribution is -0.687. The van der Waals surface area contributed by atoms with E-state index in [0.717, 1.165) is 33.9 Å². The van der Waals surface area contributed by atoms with E-state index in [9.17, 15) is 4.79 Å². The molecule has 0 spiro atoms. The van der Waals surface area contributed by atoms with Crippen LogP contribution in [0.1, 0.15) is 22.7 Å². The van der Waals surface area contributed by atoms with Gasteiger partial charge in [0, 0.05) is 11.3 Å². The summed E-state index contributed by atoms with van der Waals surface area (Å²) in [5.74, 6) is 1.46. The maximum absolute atomic E-state index is 13.2. The lowest BCUT2D eigenvalue weighted by Crippen LogP contribution is -2.89. The van der Waals surface area contributed by atoms with Gasteiger partial charge in [0.05, 0.1) is 0 Å². The number of hydrogen-bond acceptors (Lipinski definition) is 3.